The van der Waals surface area contributed by atoms with Crippen molar-refractivity contribution < 1.29 is 9.21 Å². The first kappa shape index (κ1) is 19.1. The van der Waals surface area contributed by atoms with Gasteiger partial charge in [0.25, 0.3) is 5.91 Å². The summed E-state index contributed by atoms with van der Waals surface area (Å²) < 4.78 is 7.11. The predicted octanol–water partition coefficient (Wildman–Crippen LogP) is 4.65. The summed E-state index contributed by atoms with van der Waals surface area (Å²) >= 11 is 1.69. The van der Waals surface area contributed by atoms with Gasteiger partial charge in [-0.2, -0.15) is 5.10 Å². The summed E-state index contributed by atoms with van der Waals surface area (Å²) in [4.78, 5) is 17.3. The largest absolute Gasteiger partial charge is 0.463 e. The number of aromatic nitrogens is 3. The van der Waals surface area contributed by atoms with Crippen LogP contribution in [0.4, 0.5) is 0 Å². The maximum Gasteiger partial charge on any atom is 0.270 e. The first-order valence-corrected chi connectivity index (χ1v) is 10.5. The number of hydrogen-bond donors (Lipinski definition) is 1. The van der Waals surface area contributed by atoms with E-state index in [0.717, 1.165) is 35.7 Å². The van der Waals surface area contributed by atoms with E-state index >= 15 is 0 Å². The lowest BCUT2D eigenvalue weighted by Crippen LogP contribution is -2.26. The molecule has 1 amide bonds. The summed E-state index contributed by atoms with van der Waals surface area (Å²) in [5.41, 5.74) is 3.01. The number of para-hydroxylation sites is 1. The number of hydrogen-bond acceptors (Lipinski definition) is 5. The van der Waals surface area contributed by atoms with Gasteiger partial charge in [-0.15, -0.1) is 11.3 Å². The maximum atomic E-state index is 12.8. The van der Waals surface area contributed by atoms with Gasteiger partial charge in [-0.3, -0.25) is 4.79 Å². The van der Waals surface area contributed by atoms with Crippen molar-refractivity contribution in [2.45, 2.75) is 26.2 Å². The topological polar surface area (TPSA) is 73.0 Å². The molecule has 0 atom stereocenters. The molecule has 29 heavy (non-hydrogen) atoms. The first-order valence-electron chi connectivity index (χ1n) is 9.59. The Balaban J connectivity index is 1.42. The second-order valence-electron chi connectivity index (χ2n) is 6.74. The second kappa shape index (κ2) is 8.87. The third-order valence-corrected chi connectivity index (χ3v) is 5.51. The van der Waals surface area contributed by atoms with Gasteiger partial charge in [0.2, 0.25) is 0 Å². The summed E-state index contributed by atoms with van der Waals surface area (Å²) in [7, 11) is 0. The number of rotatable bonds is 8. The summed E-state index contributed by atoms with van der Waals surface area (Å²) in [5, 5.41) is 10.8. The Morgan fingerprint density at radius 3 is 2.76 bits per heavy atom. The number of carbonyl (C=O) groups is 1. The molecule has 0 aliphatic carbocycles. The number of amides is 1. The maximum absolute atomic E-state index is 12.8. The van der Waals surface area contributed by atoms with Crippen molar-refractivity contribution in [2.24, 2.45) is 0 Å². The average Bonchev–Trinajstić information content (AvgIpc) is 3.49. The zero-order chi connectivity index (χ0) is 20.1. The SMILES string of the molecule is Cc1csc(CCCCNC(=O)c2cc(-c3ccco3)nn2-c2ccccc2)n1. The monoisotopic (exact) mass is 406 g/mol. The number of benzene rings is 1. The Hall–Kier alpha value is -3.19. The molecule has 7 heteroatoms. The van der Waals surface area contributed by atoms with E-state index in [1.165, 1.54) is 0 Å². The molecular weight excluding hydrogens is 384 g/mol. The highest BCUT2D eigenvalue weighted by Crippen LogP contribution is 2.22. The lowest BCUT2D eigenvalue weighted by molar-refractivity contribution is 0.0945. The third kappa shape index (κ3) is 4.63. The molecule has 4 aromatic rings. The number of thiazole rings is 1. The Morgan fingerprint density at radius 2 is 2.03 bits per heavy atom. The molecule has 3 aromatic heterocycles. The molecule has 148 valence electrons. The number of carbonyl (C=O) groups excluding carboxylic acids is 1. The van der Waals surface area contributed by atoms with Crippen LogP contribution in [0.25, 0.3) is 17.1 Å². The molecule has 4 rings (SSSR count). The van der Waals surface area contributed by atoms with E-state index in [1.807, 2.05) is 43.3 Å². The lowest BCUT2D eigenvalue weighted by Gasteiger charge is -2.08. The molecule has 0 radical (unpaired) electrons. The van der Waals surface area contributed by atoms with Crippen molar-refractivity contribution in [3.05, 3.63) is 76.6 Å². The van der Waals surface area contributed by atoms with Crippen LogP contribution in [0.3, 0.4) is 0 Å². The number of unbranched alkanes of at least 4 members (excludes halogenated alkanes) is 1. The van der Waals surface area contributed by atoms with Crippen LogP contribution in [0.2, 0.25) is 0 Å². The summed E-state index contributed by atoms with van der Waals surface area (Å²) in [6.45, 7) is 2.62. The van der Waals surface area contributed by atoms with E-state index in [9.17, 15) is 4.79 Å². The fourth-order valence-electron chi connectivity index (χ4n) is 3.06. The molecule has 0 spiro atoms. The Labute approximate surface area is 173 Å². The fraction of sp³-hybridized carbons (Fsp3) is 0.227. The van der Waals surface area contributed by atoms with Gasteiger partial charge in [-0.25, -0.2) is 9.67 Å². The highest BCUT2D eigenvalue weighted by molar-refractivity contribution is 7.09. The Kier molecular flexibility index (Phi) is 5.86. The predicted molar refractivity (Wildman–Crippen MR) is 113 cm³/mol. The van der Waals surface area contributed by atoms with Gasteiger partial charge in [0, 0.05) is 23.7 Å². The molecule has 6 nitrogen and oxygen atoms in total. The quantitative estimate of drug-likeness (QED) is 0.432. The zero-order valence-corrected chi connectivity index (χ0v) is 17.0. The van der Waals surface area contributed by atoms with Gasteiger partial charge in [-0.1, -0.05) is 18.2 Å². The van der Waals surface area contributed by atoms with Crippen LogP contribution in [0.15, 0.2) is 64.6 Å². The molecule has 0 fully saturated rings. The van der Waals surface area contributed by atoms with Gasteiger partial charge in [0.15, 0.2) is 5.76 Å². The van der Waals surface area contributed by atoms with E-state index in [4.69, 9.17) is 4.42 Å². The molecule has 1 aromatic carbocycles. The summed E-state index contributed by atoms with van der Waals surface area (Å²) in [6.07, 6.45) is 4.43. The van der Waals surface area contributed by atoms with E-state index in [2.05, 4.69) is 20.8 Å². The van der Waals surface area contributed by atoms with E-state index in [1.54, 1.807) is 34.4 Å². The lowest BCUT2D eigenvalue weighted by atomic mass is 10.2. The second-order valence-corrected chi connectivity index (χ2v) is 7.68. The molecule has 0 saturated carbocycles. The van der Waals surface area contributed by atoms with Crippen molar-refractivity contribution in [3.63, 3.8) is 0 Å². The van der Waals surface area contributed by atoms with Crippen molar-refractivity contribution in [2.75, 3.05) is 6.54 Å². The van der Waals surface area contributed by atoms with Gasteiger partial charge in [0.05, 0.1) is 17.0 Å². The van der Waals surface area contributed by atoms with E-state index in [0.29, 0.717) is 23.7 Å². The standard InChI is InChI=1S/C22H22N4O2S/c1-16-15-29-21(24-16)11-5-6-12-23-22(27)19-14-18(20-10-7-13-28-20)25-26(19)17-8-3-2-4-9-17/h2-4,7-10,13-15H,5-6,11-12H2,1H3,(H,23,27). The number of aryl methyl sites for hydroxylation is 2. The van der Waals surface area contributed by atoms with Gasteiger partial charge in [-0.05, 0) is 50.5 Å². The van der Waals surface area contributed by atoms with Crippen LogP contribution in [-0.2, 0) is 6.42 Å². The molecule has 0 aliphatic rings. The first-order chi connectivity index (χ1) is 14.2. The molecule has 0 aliphatic heterocycles. The minimum atomic E-state index is -0.149. The van der Waals surface area contributed by atoms with Crippen LogP contribution in [0, 0.1) is 6.92 Å². The zero-order valence-electron chi connectivity index (χ0n) is 16.2. The van der Waals surface area contributed by atoms with Crippen molar-refractivity contribution in [1.82, 2.24) is 20.1 Å². The van der Waals surface area contributed by atoms with E-state index < -0.39 is 0 Å². The minimum absolute atomic E-state index is 0.149. The highest BCUT2D eigenvalue weighted by Gasteiger charge is 2.18. The van der Waals surface area contributed by atoms with Crippen LogP contribution < -0.4 is 5.32 Å². The number of nitrogens with one attached hydrogen (secondary N) is 1. The molecule has 0 unspecified atom stereocenters. The van der Waals surface area contributed by atoms with Crippen LogP contribution >= 0.6 is 11.3 Å². The smallest absolute Gasteiger partial charge is 0.270 e. The van der Waals surface area contributed by atoms with Crippen LogP contribution in [-0.4, -0.2) is 27.2 Å². The molecule has 0 bridgehead atoms. The van der Waals surface area contributed by atoms with Crippen molar-refractivity contribution >= 4 is 17.2 Å². The third-order valence-electron chi connectivity index (χ3n) is 4.49. The van der Waals surface area contributed by atoms with Crippen LogP contribution in [0.1, 0.15) is 34.0 Å². The van der Waals surface area contributed by atoms with Crippen molar-refractivity contribution in [1.29, 1.82) is 0 Å². The highest BCUT2D eigenvalue weighted by atomic mass is 32.1. The fourth-order valence-corrected chi connectivity index (χ4v) is 3.88. The molecule has 3 heterocycles. The van der Waals surface area contributed by atoms with E-state index in [-0.39, 0.29) is 5.91 Å². The summed E-state index contributed by atoms with van der Waals surface area (Å²) in [6, 6.07) is 15.0. The van der Waals surface area contributed by atoms with Gasteiger partial charge >= 0.3 is 0 Å². The van der Waals surface area contributed by atoms with Gasteiger partial charge < -0.3 is 9.73 Å². The normalized spacial score (nSPS) is 10.9. The molecule has 0 saturated heterocycles. The molecular formula is C22H22N4O2S. The van der Waals surface area contributed by atoms with Crippen molar-refractivity contribution in [3.8, 4) is 17.1 Å². The van der Waals surface area contributed by atoms with Crippen LogP contribution in [0.5, 0.6) is 0 Å². The number of furan rings is 1. The Bertz CT molecular complexity index is 1070. The van der Waals surface area contributed by atoms with Gasteiger partial charge in [0.1, 0.15) is 11.4 Å². The summed E-state index contributed by atoms with van der Waals surface area (Å²) in [5.74, 6) is 0.483. The molecule has 1 N–H and O–H groups in total. The Morgan fingerprint density at radius 1 is 1.17 bits per heavy atom. The average molecular weight is 407 g/mol. The minimum Gasteiger partial charge on any atom is -0.463 e. The number of nitrogens with zero attached hydrogens (tertiary/aromatic N) is 3.